The zero-order chi connectivity index (χ0) is 15.2. The number of hydrogen-bond acceptors (Lipinski definition) is 6. The van der Waals surface area contributed by atoms with Gasteiger partial charge in [0.05, 0.1) is 18.4 Å². The number of rotatable bonds is 5. The molecule has 0 atom stereocenters. The Bertz CT molecular complexity index is 653. The molecule has 6 nitrogen and oxygen atoms in total. The number of hydrogen-bond donors (Lipinski definition) is 0. The molecule has 2 rings (SSSR count). The molecule has 0 aliphatic heterocycles. The summed E-state index contributed by atoms with van der Waals surface area (Å²) in [5.41, 5.74) is 1.98. The minimum atomic E-state index is -0.444. The normalized spacial score (nSPS) is 10.0. The van der Waals surface area contributed by atoms with Gasteiger partial charge in [-0.15, -0.1) is 0 Å². The van der Waals surface area contributed by atoms with E-state index in [2.05, 4.69) is 14.7 Å². The van der Waals surface area contributed by atoms with E-state index in [1.165, 1.54) is 13.3 Å². The molecule has 0 unspecified atom stereocenters. The lowest BCUT2D eigenvalue weighted by Crippen LogP contribution is -2.05. The molecule has 2 aromatic heterocycles. The van der Waals surface area contributed by atoms with Crippen LogP contribution in [0.1, 0.15) is 32.2 Å². The number of aldehydes is 1. The molecule has 0 spiro atoms. The fraction of sp³-hybridized carbons (Fsp3) is 0.200. The molecule has 2 aromatic rings. The first-order chi connectivity index (χ1) is 10.1. The van der Waals surface area contributed by atoms with Gasteiger partial charge in [0.15, 0.2) is 6.29 Å². The van der Waals surface area contributed by atoms with E-state index in [0.29, 0.717) is 23.3 Å². The number of pyridine rings is 2. The fourth-order valence-electron chi connectivity index (χ4n) is 1.67. The largest absolute Gasteiger partial charge is 0.485 e. The van der Waals surface area contributed by atoms with E-state index >= 15 is 0 Å². The van der Waals surface area contributed by atoms with Gasteiger partial charge in [-0.3, -0.25) is 9.78 Å². The summed E-state index contributed by atoms with van der Waals surface area (Å²) in [6.45, 7) is 1.97. The van der Waals surface area contributed by atoms with Gasteiger partial charge in [-0.05, 0) is 31.2 Å². The second kappa shape index (κ2) is 6.60. The molecule has 21 heavy (non-hydrogen) atoms. The van der Waals surface area contributed by atoms with E-state index in [4.69, 9.17) is 4.74 Å². The second-order valence-electron chi connectivity index (χ2n) is 4.27. The first-order valence-corrected chi connectivity index (χ1v) is 6.23. The van der Waals surface area contributed by atoms with Gasteiger partial charge >= 0.3 is 5.97 Å². The van der Waals surface area contributed by atoms with Gasteiger partial charge in [-0.1, -0.05) is 0 Å². The summed E-state index contributed by atoms with van der Waals surface area (Å²) in [6.07, 6.45) is 2.06. The number of carbonyl (C=O) groups excluding carboxylic acids is 2. The monoisotopic (exact) mass is 286 g/mol. The van der Waals surface area contributed by atoms with Crippen molar-refractivity contribution in [2.24, 2.45) is 0 Å². The minimum absolute atomic E-state index is 0.174. The fourth-order valence-corrected chi connectivity index (χ4v) is 1.67. The molecule has 6 heteroatoms. The highest BCUT2D eigenvalue weighted by molar-refractivity contribution is 5.88. The Morgan fingerprint density at radius 1 is 1.29 bits per heavy atom. The highest BCUT2D eigenvalue weighted by atomic mass is 16.5. The maximum Gasteiger partial charge on any atom is 0.339 e. The molecule has 0 N–H and O–H groups in total. The van der Waals surface area contributed by atoms with Crippen molar-refractivity contribution in [1.82, 2.24) is 9.97 Å². The van der Waals surface area contributed by atoms with E-state index < -0.39 is 5.97 Å². The number of esters is 1. The smallest absolute Gasteiger partial charge is 0.339 e. The standard InChI is InChI=1S/C15H14N2O4/c1-10-3-6-14(13(8-18)17-10)21-9-12-5-4-11(7-16-12)15(19)20-2/h3-8H,9H2,1-2H3. The second-order valence-corrected chi connectivity index (χ2v) is 4.27. The van der Waals surface area contributed by atoms with E-state index in [0.717, 1.165) is 5.69 Å². The van der Waals surface area contributed by atoms with Gasteiger partial charge in [-0.25, -0.2) is 9.78 Å². The van der Waals surface area contributed by atoms with E-state index in [1.807, 2.05) is 0 Å². The third-order valence-electron chi connectivity index (χ3n) is 2.76. The van der Waals surface area contributed by atoms with Gasteiger partial charge in [0.1, 0.15) is 18.1 Å². The zero-order valence-corrected chi connectivity index (χ0v) is 11.7. The molecule has 0 saturated carbocycles. The van der Waals surface area contributed by atoms with Crippen LogP contribution in [0.5, 0.6) is 5.75 Å². The molecule has 2 heterocycles. The van der Waals surface area contributed by atoms with E-state index in [-0.39, 0.29) is 12.3 Å². The van der Waals surface area contributed by atoms with Crippen LogP contribution in [-0.4, -0.2) is 29.3 Å². The molecule has 0 bridgehead atoms. The maximum atomic E-state index is 11.3. The van der Waals surface area contributed by atoms with Crippen molar-refractivity contribution in [3.63, 3.8) is 0 Å². The SMILES string of the molecule is COC(=O)c1ccc(COc2ccc(C)nc2C=O)nc1. The van der Waals surface area contributed by atoms with Crippen molar-refractivity contribution in [2.45, 2.75) is 13.5 Å². The first-order valence-electron chi connectivity index (χ1n) is 6.23. The molecule has 0 amide bonds. The minimum Gasteiger partial charge on any atom is -0.485 e. The Hall–Kier alpha value is -2.76. The summed E-state index contributed by atoms with van der Waals surface area (Å²) >= 11 is 0. The van der Waals surface area contributed by atoms with Crippen molar-refractivity contribution in [3.05, 3.63) is 53.1 Å². The lowest BCUT2D eigenvalue weighted by molar-refractivity contribution is 0.0600. The molecule has 0 aliphatic carbocycles. The predicted molar refractivity (Wildman–Crippen MR) is 74.3 cm³/mol. The molecule has 0 radical (unpaired) electrons. The third kappa shape index (κ3) is 3.62. The molecule has 0 saturated heterocycles. The van der Waals surface area contributed by atoms with Crippen LogP contribution < -0.4 is 4.74 Å². The van der Waals surface area contributed by atoms with Crippen molar-refractivity contribution < 1.29 is 19.1 Å². The molecule has 108 valence electrons. The van der Waals surface area contributed by atoms with Gasteiger partial charge < -0.3 is 9.47 Å². The number of nitrogens with zero attached hydrogens (tertiary/aromatic N) is 2. The van der Waals surface area contributed by atoms with Crippen molar-refractivity contribution in [3.8, 4) is 5.75 Å². The average molecular weight is 286 g/mol. The van der Waals surface area contributed by atoms with Crippen molar-refractivity contribution in [1.29, 1.82) is 0 Å². The van der Waals surface area contributed by atoms with Crippen molar-refractivity contribution in [2.75, 3.05) is 7.11 Å². The summed E-state index contributed by atoms with van der Waals surface area (Å²) in [7, 11) is 1.31. The number of aryl methyl sites for hydroxylation is 1. The van der Waals surface area contributed by atoms with Crippen LogP contribution in [0.15, 0.2) is 30.5 Å². The van der Waals surface area contributed by atoms with Crippen LogP contribution in [0.4, 0.5) is 0 Å². The zero-order valence-electron chi connectivity index (χ0n) is 11.7. The van der Waals surface area contributed by atoms with Crippen LogP contribution in [-0.2, 0) is 11.3 Å². The highest BCUT2D eigenvalue weighted by Gasteiger charge is 2.08. The lowest BCUT2D eigenvalue weighted by atomic mass is 10.2. The van der Waals surface area contributed by atoms with Crippen LogP contribution in [0, 0.1) is 6.92 Å². The van der Waals surface area contributed by atoms with Gasteiger partial charge in [0, 0.05) is 11.9 Å². The molecular weight excluding hydrogens is 272 g/mol. The Morgan fingerprint density at radius 2 is 2.10 bits per heavy atom. The number of methoxy groups -OCH3 is 1. The predicted octanol–water partition coefficient (Wildman–Crippen LogP) is 1.96. The Kier molecular flexibility index (Phi) is 4.61. The summed E-state index contributed by atoms with van der Waals surface area (Å²) in [5.74, 6) is -0.0459. The van der Waals surface area contributed by atoms with Crippen LogP contribution in [0.25, 0.3) is 0 Å². The Balaban J connectivity index is 2.06. The first kappa shape index (κ1) is 14.6. The Labute approximate surface area is 121 Å². The van der Waals surface area contributed by atoms with Gasteiger partial charge in [0.2, 0.25) is 0 Å². The molecule has 0 aliphatic rings. The topological polar surface area (TPSA) is 78.4 Å². The van der Waals surface area contributed by atoms with Gasteiger partial charge in [-0.2, -0.15) is 0 Å². The molecular formula is C15H14N2O4. The summed E-state index contributed by atoms with van der Waals surface area (Å²) in [5, 5.41) is 0. The molecule has 0 fully saturated rings. The van der Waals surface area contributed by atoms with Gasteiger partial charge in [0.25, 0.3) is 0 Å². The molecule has 0 aromatic carbocycles. The number of carbonyl (C=O) groups is 2. The van der Waals surface area contributed by atoms with Crippen molar-refractivity contribution >= 4 is 12.3 Å². The van der Waals surface area contributed by atoms with Crippen LogP contribution in [0.3, 0.4) is 0 Å². The quantitative estimate of drug-likeness (QED) is 0.617. The van der Waals surface area contributed by atoms with Crippen LogP contribution >= 0.6 is 0 Å². The average Bonchev–Trinajstić information content (AvgIpc) is 2.53. The number of aromatic nitrogens is 2. The number of ether oxygens (including phenoxy) is 2. The third-order valence-corrected chi connectivity index (χ3v) is 2.76. The van der Waals surface area contributed by atoms with Crippen LogP contribution in [0.2, 0.25) is 0 Å². The summed E-state index contributed by atoms with van der Waals surface area (Å²) < 4.78 is 10.1. The summed E-state index contributed by atoms with van der Waals surface area (Å²) in [4.78, 5) is 30.4. The maximum absolute atomic E-state index is 11.3. The highest BCUT2D eigenvalue weighted by Crippen LogP contribution is 2.16. The van der Waals surface area contributed by atoms with E-state index in [1.54, 1.807) is 31.2 Å². The lowest BCUT2D eigenvalue weighted by Gasteiger charge is -2.08. The summed E-state index contributed by atoms with van der Waals surface area (Å²) in [6, 6.07) is 6.71. The van der Waals surface area contributed by atoms with E-state index in [9.17, 15) is 9.59 Å². The Morgan fingerprint density at radius 3 is 2.71 bits per heavy atom.